The standard InChI is InChI=1S/C15H20N2O5S/c1-16(9-11-5-6-13-14(8-11)22-10-21-13)15(18)12-4-3-7-17(12)23(2,19)20/h5-6,8,12H,3-4,7,9-10H2,1-2H3. The molecule has 0 radical (unpaired) electrons. The molecule has 3 rings (SSSR count). The summed E-state index contributed by atoms with van der Waals surface area (Å²) in [4.78, 5) is 14.2. The molecule has 0 aromatic heterocycles. The summed E-state index contributed by atoms with van der Waals surface area (Å²) in [5.74, 6) is 1.19. The number of nitrogens with zero attached hydrogens (tertiary/aromatic N) is 2. The molecule has 1 unspecified atom stereocenters. The van der Waals surface area contributed by atoms with Crippen LogP contribution in [-0.2, 0) is 21.4 Å². The highest BCUT2D eigenvalue weighted by molar-refractivity contribution is 7.88. The molecule has 2 aliphatic heterocycles. The highest BCUT2D eigenvalue weighted by Crippen LogP contribution is 2.33. The van der Waals surface area contributed by atoms with E-state index in [-0.39, 0.29) is 12.7 Å². The fraction of sp³-hybridized carbons (Fsp3) is 0.533. The Morgan fingerprint density at radius 2 is 2.09 bits per heavy atom. The summed E-state index contributed by atoms with van der Waals surface area (Å²) in [7, 11) is -1.68. The average molecular weight is 340 g/mol. The quantitative estimate of drug-likeness (QED) is 0.810. The van der Waals surface area contributed by atoms with Gasteiger partial charge in [-0.2, -0.15) is 4.31 Å². The van der Waals surface area contributed by atoms with Crippen molar-refractivity contribution in [3.8, 4) is 11.5 Å². The van der Waals surface area contributed by atoms with E-state index in [2.05, 4.69) is 0 Å². The van der Waals surface area contributed by atoms with Crippen molar-refractivity contribution in [3.05, 3.63) is 23.8 Å². The SMILES string of the molecule is CN(Cc1ccc2c(c1)OCO2)C(=O)C1CCCN1S(C)(=O)=O. The maximum atomic E-state index is 12.6. The molecule has 8 heteroatoms. The lowest BCUT2D eigenvalue weighted by atomic mass is 10.1. The third kappa shape index (κ3) is 3.28. The van der Waals surface area contributed by atoms with E-state index in [9.17, 15) is 13.2 Å². The van der Waals surface area contributed by atoms with Crippen LogP contribution in [0.15, 0.2) is 18.2 Å². The van der Waals surface area contributed by atoms with Crippen LogP contribution in [0.5, 0.6) is 11.5 Å². The first kappa shape index (κ1) is 16.1. The molecule has 0 saturated carbocycles. The third-order valence-electron chi connectivity index (χ3n) is 4.15. The lowest BCUT2D eigenvalue weighted by Gasteiger charge is -2.26. The Morgan fingerprint density at radius 3 is 2.83 bits per heavy atom. The van der Waals surface area contributed by atoms with Gasteiger partial charge < -0.3 is 14.4 Å². The van der Waals surface area contributed by atoms with Crippen LogP contribution in [0.2, 0.25) is 0 Å². The number of hydrogen-bond acceptors (Lipinski definition) is 5. The number of fused-ring (bicyclic) bond motifs is 1. The van der Waals surface area contributed by atoms with Crippen molar-refractivity contribution in [2.45, 2.75) is 25.4 Å². The van der Waals surface area contributed by atoms with Gasteiger partial charge in [0.2, 0.25) is 22.7 Å². The first-order valence-electron chi connectivity index (χ1n) is 7.46. The number of rotatable bonds is 4. The second kappa shape index (κ2) is 6.01. The minimum Gasteiger partial charge on any atom is -0.454 e. The van der Waals surface area contributed by atoms with Crippen LogP contribution in [0, 0.1) is 0 Å². The largest absolute Gasteiger partial charge is 0.454 e. The zero-order valence-corrected chi connectivity index (χ0v) is 14.0. The van der Waals surface area contributed by atoms with Gasteiger partial charge in [-0.05, 0) is 30.5 Å². The fourth-order valence-electron chi connectivity index (χ4n) is 3.03. The van der Waals surface area contributed by atoms with Gasteiger partial charge in [0.1, 0.15) is 6.04 Å². The number of benzene rings is 1. The molecule has 1 aromatic rings. The number of carbonyl (C=O) groups is 1. The van der Waals surface area contributed by atoms with Crippen molar-refractivity contribution in [1.82, 2.24) is 9.21 Å². The molecule has 1 atom stereocenters. The highest BCUT2D eigenvalue weighted by atomic mass is 32.2. The van der Waals surface area contributed by atoms with Crippen LogP contribution in [0.4, 0.5) is 0 Å². The number of amides is 1. The summed E-state index contributed by atoms with van der Waals surface area (Å²) >= 11 is 0. The van der Waals surface area contributed by atoms with E-state index >= 15 is 0 Å². The molecule has 1 aromatic carbocycles. The van der Waals surface area contributed by atoms with Crippen molar-refractivity contribution >= 4 is 15.9 Å². The maximum Gasteiger partial charge on any atom is 0.241 e. The molecule has 7 nitrogen and oxygen atoms in total. The van der Waals surface area contributed by atoms with Crippen LogP contribution < -0.4 is 9.47 Å². The van der Waals surface area contributed by atoms with Crippen molar-refractivity contribution in [2.75, 3.05) is 26.6 Å². The molecule has 23 heavy (non-hydrogen) atoms. The first-order chi connectivity index (χ1) is 10.9. The normalized spacial score (nSPS) is 20.7. The first-order valence-corrected chi connectivity index (χ1v) is 9.31. The van der Waals surface area contributed by atoms with Crippen LogP contribution >= 0.6 is 0 Å². The predicted molar refractivity (Wildman–Crippen MR) is 83.6 cm³/mol. The Morgan fingerprint density at radius 1 is 1.35 bits per heavy atom. The van der Waals surface area contributed by atoms with Gasteiger partial charge in [-0.1, -0.05) is 6.07 Å². The Balaban J connectivity index is 1.70. The lowest BCUT2D eigenvalue weighted by molar-refractivity contribution is -0.133. The molecule has 0 N–H and O–H groups in total. The molecule has 1 amide bonds. The van der Waals surface area contributed by atoms with Gasteiger partial charge in [-0.3, -0.25) is 4.79 Å². The van der Waals surface area contributed by atoms with Gasteiger partial charge in [0.05, 0.1) is 6.26 Å². The van der Waals surface area contributed by atoms with E-state index in [0.717, 1.165) is 11.8 Å². The molecule has 1 saturated heterocycles. The third-order valence-corrected chi connectivity index (χ3v) is 5.44. The Labute approximate surface area is 135 Å². The summed E-state index contributed by atoms with van der Waals surface area (Å²) in [6.45, 7) is 1.01. The average Bonchev–Trinajstić information content (AvgIpc) is 3.14. The van der Waals surface area contributed by atoms with E-state index in [4.69, 9.17) is 9.47 Å². The van der Waals surface area contributed by atoms with Crippen molar-refractivity contribution < 1.29 is 22.7 Å². The van der Waals surface area contributed by atoms with Gasteiger partial charge in [-0.15, -0.1) is 0 Å². The van der Waals surface area contributed by atoms with Crippen LogP contribution in [-0.4, -0.2) is 56.2 Å². The molecule has 0 bridgehead atoms. The summed E-state index contributed by atoms with van der Waals surface area (Å²) in [6.07, 6.45) is 2.43. The molecular weight excluding hydrogens is 320 g/mol. The molecule has 126 valence electrons. The summed E-state index contributed by atoms with van der Waals surface area (Å²) in [5, 5.41) is 0. The van der Waals surface area contributed by atoms with Crippen molar-refractivity contribution in [1.29, 1.82) is 0 Å². The number of ether oxygens (including phenoxy) is 2. The fourth-order valence-corrected chi connectivity index (χ4v) is 4.15. The second-order valence-corrected chi connectivity index (χ2v) is 7.85. The lowest BCUT2D eigenvalue weighted by Crippen LogP contribution is -2.45. The smallest absolute Gasteiger partial charge is 0.241 e. The molecule has 0 aliphatic carbocycles. The maximum absolute atomic E-state index is 12.6. The number of sulfonamides is 1. The molecule has 2 heterocycles. The number of hydrogen-bond donors (Lipinski definition) is 0. The van der Waals surface area contributed by atoms with Gasteiger partial charge in [0.25, 0.3) is 0 Å². The van der Waals surface area contributed by atoms with Crippen LogP contribution in [0.1, 0.15) is 18.4 Å². The van der Waals surface area contributed by atoms with E-state index in [1.807, 2.05) is 18.2 Å². The highest BCUT2D eigenvalue weighted by Gasteiger charge is 2.37. The van der Waals surface area contributed by atoms with Gasteiger partial charge >= 0.3 is 0 Å². The summed E-state index contributed by atoms with van der Waals surface area (Å²) in [6, 6.07) is 4.94. The Hall–Kier alpha value is -1.80. The summed E-state index contributed by atoms with van der Waals surface area (Å²) in [5.41, 5.74) is 0.911. The van der Waals surface area contributed by atoms with Crippen molar-refractivity contribution in [3.63, 3.8) is 0 Å². The van der Waals surface area contributed by atoms with Crippen molar-refractivity contribution in [2.24, 2.45) is 0 Å². The zero-order valence-electron chi connectivity index (χ0n) is 13.2. The number of carbonyl (C=O) groups excluding carboxylic acids is 1. The van der Waals surface area contributed by atoms with Gasteiger partial charge in [-0.25, -0.2) is 8.42 Å². The predicted octanol–water partition coefficient (Wildman–Crippen LogP) is 0.798. The minimum absolute atomic E-state index is 0.175. The monoisotopic (exact) mass is 340 g/mol. The Bertz CT molecular complexity index is 719. The second-order valence-electron chi connectivity index (χ2n) is 5.91. The van der Waals surface area contributed by atoms with E-state index in [0.29, 0.717) is 37.4 Å². The van der Waals surface area contributed by atoms with E-state index in [1.165, 1.54) is 4.31 Å². The molecule has 1 fully saturated rings. The molecule has 2 aliphatic rings. The van der Waals surface area contributed by atoms with Crippen LogP contribution in [0.3, 0.4) is 0 Å². The molecule has 0 spiro atoms. The van der Waals surface area contributed by atoms with E-state index in [1.54, 1.807) is 11.9 Å². The van der Waals surface area contributed by atoms with Gasteiger partial charge in [0, 0.05) is 20.1 Å². The topological polar surface area (TPSA) is 76.2 Å². The van der Waals surface area contributed by atoms with Gasteiger partial charge in [0.15, 0.2) is 11.5 Å². The summed E-state index contributed by atoms with van der Waals surface area (Å²) < 4.78 is 35.5. The number of likely N-dealkylation sites (N-methyl/N-ethyl adjacent to an activating group) is 1. The Kier molecular flexibility index (Phi) is 4.20. The van der Waals surface area contributed by atoms with Crippen LogP contribution in [0.25, 0.3) is 0 Å². The zero-order chi connectivity index (χ0) is 16.6. The molecular formula is C15H20N2O5S. The van der Waals surface area contributed by atoms with E-state index < -0.39 is 16.1 Å². The minimum atomic E-state index is -3.36.